The van der Waals surface area contributed by atoms with Crippen molar-refractivity contribution in [2.24, 2.45) is 0 Å². The molecular weight excluding hydrogens is 342 g/mol. The second kappa shape index (κ2) is 7.09. The molecule has 0 saturated carbocycles. The van der Waals surface area contributed by atoms with Crippen LogP contribution in [0.25, 0.3) is 11.0 Å². The van der Waals surface area contributed by atoms with Gasteiger partial charge in [0.15, 0.2) is 5.13 Å². The quantitative estimate of drug-likeness (QED) is 0.725. The predicted octanol–water partition coefficient (Wildman–Crippen LogP) is 3.72. The summed E-state index contributed by atoms with van der Waals surface area (Å²) in [6.07, 6.45) is 0.877. The number of nitrogens with one attached hydrogen (secondary N) is 1. The number of rotatable bonds is 6. The molecule has 7 heteroatoms. The van der Waals surface area contributed by atoms with Crippen molar-refractivity contribution < 1.29 is 0 Å². The van der Waals surface area contributed by atoms with E-state index in [0.29, 0.717) is 5.15 Å². The fourth-order valence-corrected chi connectivity index (χ4v) is 3.84. The summed E-state index contributed by atoms with van der Waals surface area (Å²) < 4.78 is 0. The Bertz CT molecular complexity index is 839. The fourth-order valence-electron chi connectivity index (χ4n) is 2.58. The van der Waals surface area contributed by atoms with Crippen LogP contribution in [0.2, 0.25) is 5.15 Å². The number of likely N-dealkylation sites (N-methyl/N-ethyl adjacent to an activating group) is 1. The summed E-state index contributed by atoms with van der Waals surface area (Å²) >= 11 is 7.89. The lowest BCUT2D eigenvalue weighted by Crippen LogP contribution is -2.20. The number of anilines is 1. The number of para-hydroxylation sites is 1. The van der Waals surface area contributed by atoms with E-state index in [1.165, 1.54) is 5.56 Å². The summed E-state index contributed by atoms with van der Waals surface area (Å²) in [5.41, 5.74) is 3.38. The molecule has 0 bridgehead atoms. The summed E-state index contributed by atoms with van der Waals surface area (Å²) in [7, 11) is 6.05. The molecule has 0 saturated heterocycles. The number of thiazole rings is 1. The number of imidazole rings is 1. The van der Waals surface area contributed by atoms with E-state index in [1.54, 1.807) is 11.3 Å². The Balaban J connectivity index is 1.62. The number of aryl methyl sites for hydroxylation is 1. The summed E-state index contributed by atoms with van der Waals surface area (Å²) in [6, 6.07) is 6.22. The van der Waals surface area contributed by atoms with Crippen molar-refractivity contribution >= 4 is 39.1 Å². The zero-order valence-corrected chi connectivity index (χ0v) is 16.0. The van der Waals surface area contributed by atoms with Gasteiger partial charge >= 0.3 is 0 Å². The van der Waals surface area contributed by atoms with Crippen molar-refractivity contribution in [3.8, 4) is 0 Å². The molecule has 0 unspecified atom stereocenters. The third-order valence-corrected chi connectivity index (χ3v) is 5.56. The molecule has 0 fully saturated rings. The Morgan fingerprint density at radius 2 is 2.00 bits per heavy atom. The Hall–Kier alpha value is -1.63. The van der Waals surface area contributed by atoms with E-state index in [-0.39, 0.29) is 0 Å². The van der Waals surface area contributed by atoms with Crippen molar-refractivity contribution in [1.29, 1.82) is 0 Å². The van der Waals surface area contributed by atoms with Crippen LogP contribution in [-0.4, -0.2) is 47.5 Å². The number of halogens is 1. The smallest absolute Gasteiger partial charge is 0.186 e. The number of hydrogen-bond acceptors (Lipinski definition) is 5. The monoisotopic (exact) mass is 363 g/mol. The summed E-state index contributed by atoms with van der Waals surface area (Å²) in [4.78, 5) is 17.8. The summed E-state index contributed by atoms with van der Waals surface area (Å²) in [6.45, 7) is 3.79. The molecule has 2 aromatic heterocycles. The van der Waals surface area contributed by atoms with E-state index < -0.39 is 0 Å². The van der Waals surface area contributed by atoms with Gasteiger partial charge in [0.1, 0.15) is 11.0 Å². The van der Waals surface area contributed by atoms with E-state index in [0.717, 1.165) is 46.4 Å². The maximum atomic E-state index is 6.25. The van der Waals surface area contributed by atoms with Crippen LogP contribution in [0.3, 0.4) is 0 Å². The van der Waals surface area contributed by atoms with E-state index in [4.69, 9.17) is 16.6 Å². The third-order valence-electron chi connectivity index (χ3n) is 3.93. The van der Waals surface area contributed by atoms with Gasteiger partial charge in [0.2, 0.25) is 0 Å². The molecule has 0 amide bonds. The molecule has 0 radical (unpaired) electrons. The molecule has 0 spiro atoms. The number of nitrogens with zero attached hydrogens (tertiary/aromatic N) is 4. The largest absolute Gasteiger partial charge is 0.354 e. The van der Waals surface area contributed by atoms with Crippen LogP contribution in [0.4, 0.5) is 5.13 Å². The van der Waals surface area contributed by atoms with Crippen LogP contribution in [0.5, 0.6) is 0 Å². The van der Waals surface area contributed by atoms with E-state index in [2.05, 4.69) is 47.0 Å². The minimum atomic E-state index is 0.606. The van der Waals surface area contributed by atoms with Gasteiger partial charge in [0.25, 0.3) is 0 Å². The first-order chi connectivity index (χ1) is 11.4. The molecule has 3 rings (SSSR count). The molecule has 0 aliphatic carbocycles. The second-order valence-corrected chi connectivity index (χ2v) is 7.67. The highest BCUT2D eigenvalue weighted by Gasteiger charge is 2.13. The van der Waals surface area contributed by atoms with E-state index >= 15 is 0 Å². The third kappa shape index (κ3) is 3.71. The van der Waals surface area contributed by atoms with Crippen LogP contribution in [0.1, 0.15) is 16.3 Å². The van der Waals surface area contributed by atoms with Gasteiger partial charge in [0, 0.05) is 33.6 Å². The Kier molecular flexibility index (Phi) is 5.08. The molecule has 128 valence electrons. The number of hydrogen-bond donors (Lipinski definition) is 1. The van der Waals surface area contributed by atoms with Gasteiger partial charge in [0.05, 0.1) is 15.9 Å². The molecule has 1 aromatic carbocycles. The molecule has 24 heavy (non-hydrogen) atoms. The molecule has 0 atom stereocenters. The Morgan fingerprint density at radius 3 is 2.67 bits per heavy atom. The van der Waals surface area contributed by atoms with Gasteiger partial charge in [-0.25, -0.2) is 9.97 Å². The lowest BCUT2D eigenvalue weighted by Gasteiger charge is -2.14. The van der Waals surface area contributed by atoms with E-state index in [9.17, 15) is 0 Å². The van der Waals surface area contributed by atoms with Gasteiger partial charge in [-0.2, -0.15) is 0 Å². The van der Waals surface area contributed by atoms with Crippen molar-refractivity contribution in [2.45, 2.75) is 19.9 Å². The van der Waals surface area contributed by atoms with Gasteiger partial charge < -0.3 is 14.8 Å². The maximum Gasteiger partial charge on any atom is 0.186 e. The number of H-pyrrole nitrogens is 1. The van der Waals surface area contributed by atoms with E-state index in [1.807, 2.05) is 19.0 Å². The first-order valence-electron chi connectivity index (χ1n) is 7.89. The Morgan fingerprint density at radius 1 is 1.21 bits per heavy atom. The van der Waals surface area contributed by atoms with Crippen LogP contribution in [0.15, 0.2) is 18.2 Å². The number of aromatic amines is 1. The fraction of sp³-hybridized carbons (Fsp3) is 0.412. The highest BCUT2D eigenvalue weighted by Crippen LogP contribution is 2.29. The number of fused-ring (bicyclic) bond motifs is 1. The first kappa shape index (κ1) is 17.2. The summed E-state index contributed by atoms with van der Waals surface area (Å²) in [5, 5.41) is 1.55. The molecule has 5 nitrogen and oxygen atoms in total. The average Bonchev–Trinajstić information content (AvgIpc) is 3.10. The molecule has 1 N–H and O–H groups in total. The highest BCUT2D eigenvalue weighted by molar-refractivity contribution is 7.16. The topological polar surface area (TPSA) is 48.1 Å². The molecule has 2 heterocycles. The highest BCUT2D eigenvalue weighted by atomic mass is 35.5. The lowest BCUT2D eigenvalue weighted by molar-refractivity contribution is 0.332. The van der Waals surface area contributed by atoms with Gasteiger partial charge in [-0.3, -0.25) is 0 Å². The zero-order chi connectivity index (χ0) is 17.3. The molecule has 3 aromatic rings. The van der Waals surface area contributed by atoms with Crippen molar-refractivity contribution in [3.63, 3.8) is 0 Å². The maximum absolute atomic E-state index is 6.25. The second-order valence-electron chi connectivity index (χ2n) is 6.25. The molecule has 0 aliphatic rings. The normalized spacial score (nSPS) is 11.6. The lowest BCUT2D eigenvalue weighted by atomic mass is 10.2. The first-order valence-corrected chi connectivity index (χ1v) is 9.08. The predicted molar refractivity (Wildman–Crippen MR) is 102 cm³/mol. The zero-order valence-electron chi connectivity index (χ0n) is 14.4. The van der Waals surface area contributed by atoms with Crippen LogP contribution in [-0.2, 0) is 13.0 Å². The van der Waals surface area contributed by atoms with Gasteiger partial charge in [-0.05, 0) is 25.6 Å². The van der Waals surface area contributed by atoms with Gasteiger partial charge in [-0.1, -0.05) is 35.1 Å². The van der Waals surface area contributed by atoms with Crippen molar-refractivity contribution in [2.75, 3.05) is 32.6 Å². The average molecular weight is 364 g/mol. The molecule has 0 aliphatic heterocycles. The van der Waals surface area contributed by atoms with Crippen molar-refractivity contribution in [1.82, 2.24) is 19.9 Å². The Labute approximate surface area is 151 Å². The number of aromatic nitrogens is 3. The van der Waals surface area contributed by atoms with Gasteiger partial charge in [-0.15, -0.1) is 0 Å². The van der Waals surface area contributed by atoms with Crippen LogP contribution < -0.4 is 4.90 Å². The van der Waals surface area contributed by atoms with Crippen LogP contribution in [0, 0.1) is 6.92 Å². The SMILES string of the molecule is Cc1cccc2[nH]c(CCN(C)Cc3sc(N(C)C)nc3Cl)nc12. The minimum Gasteiger partial charge on any atom is -0.354 e. The summed E-state index contributed by atoms with van der Waals surface area (Å²) in [5.74, 6) is 1.02. The number of benzene rings is 1. The standard InChI is InChI=1S/C17H22ClN5S/c1-11-6-5-7-12-15(11)20-14(19-12)8-9-23(4)10-13-16(18)21-17(24-13)22(2)3/h5-7H,8-10H2,1-4H3,(H,19,20). The van der Waals surface area contributed by atoms with Crippen LogP contribution >= 0.6 is 22.9 Å². The minimum absolute atomic E-state index is 0.606. The molecular formula is C17H22ClN5S. The van der Waals surface area contributed by atoms with Crippen molar-refractivity contribution in [3.05, 3.63) is 39.6 Å².